The molecule has 0 radical (unpaired) electrons. The highest BCUT2D eigenvalue weighted by atomic mass is 35.5. The van der Waals surface area contributed by atoms with E-state index in [9.17, 15) is 4.79 Å². The Kier molecular flexibility index (Phi) is 8.11. The van der Waals surface area contributed by atoms with Crippen LogP contribution in [0.1, 0.15) is 31.9 Å². The fourth-order valence-corrected chi connectivity index (χ4v) is 6.78. The van der Waals surface area contributed by atoms with Crippen LogP contribution in [0.3, 0.4) is 0 Å². The van der Waals surface area contributed by atoms with Crippen LogP contribution in [0, 0.1) is 0 Å². The molecule has 0 saturated heterocycles. The third-order valence-electron chi connectivity index (χ3n) is 5.40. The summed E-state index contributed by atoms with van der Waals surface area (Å²) in [5.41, 5.74) is 1.22. The van der Waals surface area contributed by atoms with Crippen LogP contribution >= 0.6 is 23.2 Å². The summed E-state index contributed by atoms with van der Waals surface area (Å²) in [4.78, 5) is 12.4. The Labute approximate surface area is 174 Å². The van der Waals surface area contributed by atoms with Gasteiger partial charge in [-0.2, -0.15) is 0 Å². The molecule has 0 N–H and O–H groups in total. The first kappa shape index (κ1) is 22.2. The van der Waals surface area contributed by atoms with Gasteiger partial charge in [0.15, 0.2) is 14.6 Å². The number of hydrogen-bond donors (Lipinski definition) is 0. The van der Waals surface area contributed by atoms with Crippen molar-refractivity contribution >= 4 is 37.8 Å². The van der Waals surface area contributed by atoms with Gasteiger partial charge < -0.3 is 9.22 Å². The van der Waals surface area contributed by atoms with Gasteiger partial charge in [0, 0.05) is 22.9 Å². The van der Waals surface area contributed by atoms with Crippen LogP contribution in [0.15, 0.2) is 48.5 Å². The third-order valence-corrected chi connectivity index (χ3v) is 10.6. The van der Waals surface area contributed by atoms with Gasteiger partial charge in [0.25, 0.3) is 0 Å². The lowest BCUT2D eigenvalue weighted by molar-refractivity contribution is -0.122. The average molecular weight is 423 g/mol. The SMILES string of the molecule is CC[Si](CC)(CC)OC(C=O)(Cc1ccc(Cl)cc1)Cc1ccc(Cl)cc1. The maximum atomic E-state index is 12.4. The molecule has 2 nitrogen and oxygen atoms in total. The first-order chi connectivity index (χ1) is 12.9. The van der Waals surface area contributed by atoms with E-state index in [4.69, 9.17) is 27.6 Å². The highest BCUT2D eigenvalue weighted by molar-refractivity contribution is 6.73. The molecule has 0 bridgehead atoms. The van der Waals surface area contributed by atoms with Crippen molar-refractivity contribution in [1.29, 1.82) is 0 Å². The van der Waals surface area contributed by atoms with Crippen LogP contribution in [0.25, 0.3) is 0 Å². The van der Waals surface area contributed by atoms with E-state index in [0.717, 1.165) is 35.5 Å². The molecule has 0 fully saturated rings. The lowest BCUT2D eigenvalue weighted by Crippen LogP contribution is -2.51. The Bertz CT molecular complexity index is 669. The van der Waals surface area contributed by atoms with E-state index in [1.807, 2.05) is 48.5 Å². The number of carbonyl (C=O) groups excluding carboxylic acids is 1. The zero-order chi connectivity index (χ0) is 19.9. The Morgan fingerprint density at radius 1 is 0.815 bits per heavy atom. The molecule has 0 saturated carbocycles. The molecule has 0 spiro atoms. The van der Waals surface area contributed by atoms with Crippen LogP contribution in [0.2, 0.25) is 28.2 Å². The molecule has 2 aromatic carbocycles. The first-order valence-electron chi connectivity index (χ1n) is 9.55. The van der Waals surface area contributed by atoms with Gasteiger partial charge in [-0.3, -0.25) is 0 Å². The van der Waals surface area contributed by atoms with Crippen LogP contribution < -0.4 is 0 Å². The topological polar surface area (TPSA) is 26.3 Å². The second-order valence-electron chi connectivity index (χ2n) is 7.13. The summed E-state index contributed by atoms with van der Waals surface area (Å²) in [7, 11) is -1.99. The van der Waals surface area contributed by atoms with Crippen molar-refractivity contribution in [3.63, 3.8) is 0 Å². The number of benzene rings is 2. The molecule has 0 aliphatic carbocycles. The lowest BCUT2D eigenvalue weighted by atomic mass is 9.89. The van der Waals surface area contributed by atoms with Crippen molar-refractivity contribution in [2.45, 2.75) is 57.3 Å². The normalized spacial score (nSPS) is 12.2. The Morgan fingerprint density at radius 2 is 1.19 bits per heavy atom. The quantitative estimate of drug-likeness (QED) is 0.313. The van der Waals surface area contributed by atoms with E-state index >= 15 is 0 Å². The van der Waals surface area contributed by atoms with Crippen LogP contribution in [0.5, 0.6) is 0 Å². The third kappa shape index (κ3) is 5.92. The summed E-state index contributed by atoms with van der Waals surface area (Å²) in [5, 5.41) is 1.38. The van der Waals surface area contributed by atoms with Gasteiger partial charge in [-0.15, -0.1) is 0 Å². The smallest absolute Gasteiger partial charge is 0.193 e. The van der Waals surface area contributed by atoms with E-state index < -0.39 is 13.9 Å². The molecular weight excluding hydrogens is 395 g/mol. The predicted octanol–water partition coefficient (Wildman–Crippen LogP) is 6.74. The molecule has 0 unspecified atom stereocenters. The molecule has 5 heteroatoms. The molecule has 0 aliphatic rings. The second-order valence-corrected chi connectivity index (χ2v) is 12.7. The molecule has 2 aromatic rings. The minimum absolute atomic E-state index is 0.533. The summed E-state index contributed by atoms with van der Waals surface area (Å²) in [6, 6.07) is 18.3. The lowest BCUT2D eigenvalue weighted by Gasteiger charge is -2.39. The maximum absolute atomic E-state index is 12.4. The molecule has 2 rings (SSSR count). The Balaban J connectivity index is 2.41. The molecule has 0 aromatic heterocycles. The fourth-order valence-electron chi connectivity index (χ4n) is 3.54. The summed E-state index contributed by atoms with van der Waals surface area (Å²) in [6.45, 7) is 6.54. The van der Waals surface area contributed by atoms with Gasteiger partial charge in [0.2, 0.25) is 0 Å². The largest absolute Gasteiger partial charge is 0.404 e. The molecule has 146 valence electrons. The van der Waals surface area contributed by atoms with Crippen molar-refractivity contribution in [3.8, 4) is 0 Å². The second kappa shape index (κ2) is 9.88. The Morgan fingerprint density at radius 3 is 1.48 bits per heavy atom. The van der Waals surface area contributed by atoms with E-state index in [1.165, 1.54) is 0 Å². The summed E-state index contributed by atoms with van der Waals surface area (Å²) in [5.74, 6) is 0. The molecule has 0 atom stereocenters. The molecular formula is C22H28Cl2O2Si. The Hall–Kier alpha value is -1.13. The molecule has 0 aliphatic heterocycles. The number of carbonyl (C=O) groups is 1. The van der Waals surface area contributed by atoms with Crippen LogP contribution in [0.4, 0.5) is 0 Å². The minimum atomic E-state index is -1.99. The van der Waals surface area contributed by atoms with Crippen molar-refractivity contribution in [2.75, 3.05) is 0 Å². The minimum Gasteiger partial charge on any atom is -0.404 e. The number of hydrogen-bond acceptors (Lipinski definition) is 2. The van der Waals surface area contributed by atoms with E-state index in [2.05, 4.69) is 20.8 Å². The van der Waals surface area contributed by atoms with Crippen molar-refractivity contribution in [2.24, 2.45) is 0 Å². The number of halogens is 2. The van der Waals surface area contributed by atoms with Crippen molar-refractivity contribution in [1.82, 2.24) is 0 Å². The summed E-state index contributed by atoms with van der Waals surface area (Å²) < 4.78 is 6.80. The first-order valence-corrected chi connectivity index (χ1v) is 12.8. The highest BCUT2D eigenvalue weighted by Gasteiger charge is 2.41. The average Bonchev–Trinajstić information content (AvgIpc) is 2.70. The molecule has 0 heterocycles. The molecule has 0 amide bonds. The van der Waals surface area contributed by atoms with Gasteiger partial charge in [0.05, 0.1) is 0 Å². The predicted molar refractivity (Wildman–Crippen MR) is 117 cm³/mol. The van der Waals surface area contributed by atoms with Gasteiger partial charge in [0.1, 0.15) is 5.60 Å². The fraction of sp³-hybridized carbons (Fsp3) is 0.409. The molecule has 27 heavy (non-hydrogen) atoms. The number of aldehydes is 1. The standard InChI is InChI=1S/C22H28Cl2O2Si/c1-4-27(5-2,6-3)26-22(17-25,15-18-7-11-20(23)12-8-18)16-19-9-13-21(24)14-10-19/h7-14,17H,4-6,15-16H2,1-3H3. The zero-order valence-corrected chi connectivity index (χ0v) is 18.8. The number of rotatable bonds is 10. The van der Waals surface area contributed by atoms with Gasteiger partial charge in [-0.05, 0) is 53.5 Å². The van der Waals surface area contributed by atoms with Crippen molar-refractivity contribution < 1.29 is 9.22 Å². The highest BCUT2D eigenvalue weighted by Crippen LogP contribution is 2.32. The van der Waals surface area contributed by atoms with Gasteiger partial charge in [-0.25, -0.2) is 0 Å². The monoisotopic (exact) mass is 422 g/mol. The van der Waals surface area contributed by atoms with Crippen LogP contribution in [-0.4, -0.2) is 20.2 Å². The van der Waals surface area contributed by atoms with Crippen LogP contribution in [-0.2, 0) is 22.1 Å². The summed E-state index contributed by atoms with van der Waals surface area (Å²) in [6.07, 6.45) is 2.08. The van der Waals surface area contributed by atoms with Gasteiger partial charge in [-0.1, -0.05) is 68.2 Å². The maximum Gasteiger partial charge on any atom is 0.193 e. The van der Waals surface area contributed by atoms with E-state index in [-0.39, 0.29) is 0 Å². The van der Waals surface area contributed by atoms with Gasteiger partial charge >= 0.3 is 0 Å². The van der Waals surface area contributed by atoms with E-state index in [0.29, 0.717) is 22.9 Å². The van der Waals surface area contributed by atoms with Crippen molar-refractivity contribution in [3.05, 3.63) is 69.7 Å². The van der Waals surface area contributed by atoms with E-state index in [1.54, 1.807) is 0 Å². The zero-order valence-electron chi connectivity index (χ0n) is 16.3. The summed E-state index contributed by atoms with van der Waals surface area (Å²) >= 11 is 12.1.